The molecule has 1 aromatic carbocycles. The molecule has 6 heteroatoms. The summed E-state index contributed by atoms with van der Waals surface area (Å²) in [7, 11) is 0. The highest BCUT2D eigenvalue weighted by atomic mass is 35.5. The second-order valence-corrected chi connectivity index (χ2v) is 6.84. The molecule has 3 rings (SSSR count). The monoisotopic (exact) mass is 347 g/mol. The Labute approximate surface area is 144 Å². The Balaban J connectivity index is 1.96. The molecule has 2 heterocycles. The van der Waals surface area contributed by atoms with Crippen LogP contribution >= 0.6 is 22.9 Å². The zero-order valence-electron chi connectivity index (χ0n) is 12.8. The van der Waals surface area contributed by atoms with Crippen molar-refractivity contribution in [1.29, 1.82) is 0 Å². The summed E-state index contributed by atoms with van der Waals surface area (Å²) in [6.07, 6.45) is 6.60. The average molecular weight is 348 g/mol. The second kappa shape index (κ2) is 7.25. The molecule has 1 N–H and O–H groups in total. The molecule has 3 aromatic rings. The molecular formula is C17H18ClN3OS. The molecule has 2 aromatic heterocycles. The van der Waals surface area contributed by atoms with Gasteiger partial charge in [0.25, 0.3) is 0 Å². The first kappa shape index (κ1) is 16.2. The van der Waals surface area contributed by atoms with E-state index in [1.165, 1.54) is 0 Å². The van der Waals surface area contributed by atoms with Gasteiger partial charge in [0.1, 0.15) is 5.01 Å². The van der Waals surface area contributed by atoms with Crippen molar-refractivity contribution < 1.29 is 5.11 Å². The molecule has 4 nitrogen and oxygen atoms in total. The summed E-state index contributed by atoms with van der Waals surface area (Å²) in [6.45, 7) is 2.68. The molecule has 0 fully saturated rings. The lowest BCUT2D eigenvalue weighted by molar-refractivity contribution is 0.169. The number of halogens is 1. The van der Waals surface area contributed by atoms with Gasteiger partial charge in [-0.2, -0.15) is 0 Å². The van der Waals surface area contributed by atoms with Crippen molar-refractivity contribution in [2.24, 2.45) is 0 Å². The van der Waals surface area contributed by atoms with Gasteiger partial charge in [0, 0.05) is 23.0 Å². The Bertz CT molecular complexity index is 753. The Morgan fingerprint density at radius 2 is 2.09 bits per heavy atom. The van der Waals surface area contributed by atoms with E-state index < -0.39 is 6.10 Å². The van der Waals surface area contributed by atoms with E-state index >= 15 is 0 Å². The van der Waals surface area contributed by atoms with Gasteiger partial charge in [-0.1, -0.05) is 37.1 Å². The number of aromatic nitrogens is 3. The lowest BCUT2D eigenvalue weighted by Gasteiger charge is -2.09. The largest absolute Gasteiger partial charge is 0.388 e. The van der Waals surface area contributed by atoms with Gasteiger partial charge in [0.05, 0.1) is 29.5 Å². The highest BCUT2D eigenvalue weighted by molar-refractivity contribution is 7.15. The number of benzene rings is 1. The first-order valence-electron chi connectivity index (χ1n) is 7.56. The van der Waals surface area contributed by atoms with Gasteiger partial charge in [0.2, 0.25) is 0 Å². The quantitative estimate of drug-likeness (QED) is 0.712. The van der Waals surface area contributed by atoms with E-state index in [2.05, 4.69) is 11.9 Å². The fourth-order valence-corrected chi connectivity index (χ4v) is 3.64. The summed E-state index contributed by atoms with van der Waals surface area (Å²) < 4.78 is 1.96. The van der Waals surface area contributed by atoms with Crippen LogP contribution in [-0.2, 0) is 6.54 Å². The van der Waals surface area contributed by atoms with Crippen LogP contribution in [-0.4, -0.2) is 19.6 Å². The molecule has 0 amide bonds. The molecule has 0 spiro atoms. The standard InChI is InChI=1S/C17H18ClN3OS/c1-2-3-15(22)16-14(10-21-9-8-19-11-21)20-17(23-16)12-4-6-13(18)7-5-12/h4-9,11,15,22H,2-3,10H2,1H3. The summed E-state index contributed by atoms with van der Waals surface area (Å²) in [5.74, 6) is 0. The van der Waals surface area contributed by atoms with Crippen molar-refractivity contribution >= 4 is 22.9 Å². The first-order chi connectivity index (χ1) is 11.2. The van der Waals surface area contributed by atoms with Crippen LogP contribution in [0.25, 0.3) is 10.6 Å². The van der Waals surface area contributed by atoms with Crippen molar-refractivity contribution in [3.63, 3.8) is 0 Å². The number of aliphatic hydroxyl groups excluding tert-OH is 1. The normalized spacial score (nSPS) is 12.5. The maximum absolute atomic E-state index is 10.5. The Kier molecular flexibility index (Phi) is 5.10. The molecule has 0 aliphatic carbocycles. The molecule has 23 heavy (non-hydrogen) atoms. The van der Waals surface area contributed by atoms with Gasteiger partial charge in [-0.3, -0.25) is 0 Å². The van der Waals surface area contributed by atoms with Crippen LogP contribution in [0.5, 0.6) is 0 Å². The zero-order valence-corrected chi connectivity index (χ0v) is 14.4. The Morgan fingerprint density at radius 1 is 1.30 bits per heavy atom. The number of hydrogen-bond donors (Lipinski definition) is 1. The lowest BCUT2D eigenvalue weighted by Crippen LogP contribution is -2.03. The third-order valence-corrected chi connectivity index (χ3v) is 5.07. The lowest BCUT2D eigenvalue weighted by atomic mass is 10.1. The minimum absolute atomic E-state index is 0.475. The number of imidazole rings is 1. The molecule has 0 aliphatic heterocycles. The molecule has 0 aliphatic rings. The van der Waals surface area contributed by atoms with Gasteiger partial charge < -0.3 is 9.67 Å². The molecular weight excluding hydrogens is 330 g/mol. The summed E-state index contributed by atoms with van der Waals surface area (Å²) in [5.41, 5.74) is 1.92. The Morgan fingerprint density at radius 3 is 2.74 bits per heavy atom. The van der Waals surface area contributed by atoms with Gasteiger partial charge in [-0.25, -0.2) is 9.97 Å². The summed E-state index contributed by atoms with van der Waals surface area (Å²) >= 11 is 7.51. The molecule has 0 saturated heterocycles. The van der Waals surface area contributed by atoms with Crippen LogP contribution in [0.2, 0.25) is 5.02 Å². The third kappa shape index (κ3) is 3.80. The highest BCUT2D eigenvalue weighted by Crippen LogP contribution is 2.34. The van der Waals surface area contributed by atoms with Gasteiger partial charge >= 0.3 is 0 Å². The van der Waals surface area contributed by atoms with Crippen LogP contribution in [0.1, 0.15) is 36.4 Å². The first-order valence-corrected chi connectivity index (χ1v) is 8.76. The number of hydrogen-bond acceptors (Lipinski definition) is 4. The molecule has 1 unspecified atom stereocenters. The second-order valence-electron chi connectivity index (χ2n) is 5.38. The van der Waals surface area contributed by atoms with Crippen molar-refractivity contribution in [3.05, 3.63) is 58.6 Å². The third-order valence-electron chi connectivity index (χ3n) is 3.58. The highest BCUT2D eigenvalue weighted by Gasteiger charge is 2.19. The van der Waals surface area contributed by atoms with Crippen molar-refractivity contribution in [2.75, 3.05) is 0 Å². The van der Waals surface area contributed by atoms with Crippen LogP contribution in [0.3, 0.4) is 0 Å². The van der Waals surface area contributed by atoms with E-state index in [1.54, 1.807) is 23.9 Å². The van der Waals surface area contributed by atoms with E-state index in [9.17, 15) is 5.11 Å². The van der Waals surface area contributed by atoms with Gasteiger partial charge in [0.15, 0.2) is 0 Å². The van der Waals surface area contributed by atoms with Crippen molar-refractivity contribution in [3.8, 4) is 10.6 Å². The van der Waals surface area contributed by atoms with Gasteiger partial charge in [-0.15, -0.1) is 11.3 Å². The van der Waals surface area contributed by atoms with Crippen molar-refractivity contribution in [2.45, 2.75) is 32.4 Å². The molecule has 120 valence electrons. The minimum Gasteiger partial charge on any atom is -0.388 e. The number of nitrogens with zero attached hydrogens (tertiary/aromatic N) is 3. The average Bonchev–Trinajstić information content (AvgIpc) is 3.19. The number of thiazole rings is 1. The SMILES string of the molecule is CCCC(O)c1sc(-c2ccc(Cl)cc2)nc1Cn1ccnc1. The fourth-order valence-electron chi connectivity index (χ4n) is 2.41. The summed E-state index contributed by atoms with van der Waals surface area (Å²) in [4.78, 5) is 9.76. The zero-order chi connectivity index (χ0) is 16.2. The predicted octanol–water partition coefficient (Wildman–Crippen LogP) is 4.54. The van der Waals surface area contributed by atoms with E-state index in [-0.39, 0.29) is 0 Å². The van der Waals surface area contributed by atoms with Gasteiger partial charge in [-0.05, 0) is 18.6 Å². The van der Waals surface area contributed by atoms with E-state index in [1.807, 2.05) is 35.0 Å². The predicted molar refractivity (Wildman–Crippen MR) is 93.8 cm³/mol. The topological polar surface area (TPSA) is 50.9 Å². The smallest absolute Gasteiger partial charge is 0.124 e. The molecule has 0 radical (unpaired) electrons. The van der Waals surface area contributed by atoms with E-state index in [4.69, 9.17) is 16.6 Å². The minimum atomic E-state index is -0.475. The Hall–Kier alpha value is -1.69. The fraction of sp³-hybridized carbons (Fsp3) is 0.294. The maximum atomic E-state index is 10.5. The van der Waals surface area contributed by atoms with Crippen LogP contribution in [0.15, 0.2) is 43.0 Å². The van der Waals surface area contributed by atoms with Crippen molar-refractivity contribution in [1.82, 2.24) is 14.5 Å². The number of rotatable bonds is 6. The molecule has 0 saturated carbocycles. The van der Waals surface area contributed by atoms with Crippen LogP contribution < -0.4 is 0 Å². The number of aliphatic hydroxyl groups is 1. The summed E-state index contributed by atoms with van der Waals surface area (Å²) in [6, 6.07) is 7.63. The molecule has 0 bridgehead atoms. The maximum Gasteiger partial charge on any atom is 0.124 e. The summed E-state index contributed by atoms with van der Waals surface area (Å²) in [5, 5.41) is 12.1. The molecule has 1 atom stereocenters. The van der Waals surface area contributed by atoms with Crippen LogP contribution in [0.4, 0.5) is 0 Å². The van der Waals surface area contributed by atoms with E-state index in [0.717, 1.165) is 34.0 Å². The van der Waals surface area contributed by atoms with E-state index in [0.29, 0.717) is 11.6 Å². The van der Waals surface area contributed by atoms with Crippen LogP contribution in [0, 0.1) is 0 Å².